The lowest BCUT2D eigenvalue weighted by atomic mass is 9.80. The fourth-order valence-electron chi connectivity index (χ4n) is 4.80. The van der Waals surface area contributed by atoms with E-state index in [9.17, 15) is 13.2 Å². The van der Waals surface area contributed by atoms with Crippen molar-refractivity contribution in [2.75, 3.05) is 17.2 Å². The predicted octanol–water partition coefficient (Wildman–Crippen LogP) is 3.70. The number of hydrogen-bond acceptors (Lipinski definition) is 4. The van der Waals surface area contributed by atoms with Crippen molar-refractivity contribution in [2.45, 2.75) is 76.5 Å². The van der Waals surface area contributed by atoms with Crippen molar-refractivity contribution in [3.8, 4) is 0 Å². The molecule has 1 aliphatic carbocycles. The Bertz CT molecular complexity index is 781. The van der Waals surface area contributed by atoms with Gasteiger partial charge in [-0.15, -0.1) is 0 Å². The standard InChI is InChI=1S/C23H36N2O3S/c1-17(2)29(27,28)16-20-9-7-18(8-10-20)5-6-19-11-13-21(14-12-19)25-15-3-4-22(25)23(24)26/h11-14,17-18,20,22H,3-10,15-16H2,1-2H3,(H2,24,26). The van der Waals surface area contributed by atoms with Gasteiger partial charge in [0, 0.05) is 12.2 Å². The van der Waals surface area contributed by atoms with Crippen LogP contribution in [0.1, 0.15) is 64.4 Å². The van der Waals surface area contributed by atoms with E-state index < -0.39 is 9.84 Å². The summed E-state index contributed by atoms with van der Waals surface area (Å²) in [4.78, 5) is 13.7. The van der Waals surface area contributed by atoms with Crippen LogP contribution in [0.15, 0.2) is 24.3 Å². The molecule has 1 saturated carbocycles. The minimum atomic E-state index is -2.92. The summed E-state index contributed by atoms with van der Waals surface area (Å²) in [6, 6.07) is 8.41. The van der Waals surface area contributed by atoms with Crippen molar-refractivity contribution in [2.24, 2.45) is 17.6 Å². The third kappa shape index (κ3) is 5.74. The zero-order valence-electron chi connectivity index (χ0n) is 17.8. The molecule has 5 nitrogen and oxygen atoms in total. The molecule has 1 unspecified atom stereocenters. The molecule has 1 aromatic rings. The summed E-state index contributed by atoms with van der Waals surface area (Å²) < 4.78 is 24.3. The van der Waals surface area contributed by atoms with Gasteiger partial charge in [-0.2, -0.15) is 0 Å². The van der Waals surface area contributed by atoms with Gasteiger partial charge in [-0.3, -0.25) is 4.79 Å². The average Bonchev–Trinajstić information content (AvgIpc) is 3.18. The molecule has 2 fully saturated rings. The van der Waals surface area contributed by atoms with E-state index >= 15 is 0 Å². The number of hydrogen-bond donors (Lipinski definition) is 1. The summed E-state index contributed by atoms with van der Waals surface area (Å²) >= 11 is 0. The van der Waals surface area contributed by atoms with Crippen molar-refractivity contribution < 1.29 is 13.2 Å². The zero-order valence-corrected chi connectivity index (χ0v) is 18.7. The second-order valence-electron chi connectivity index (χ2n) is 9.22. The summed E-state index contributed by atoms with van der Waals surface area (Å²) in [5, 5.41) is -0.262. The van der Waals surface area contributed by atoms with Crippen LogP contribution in [0.25, 0.3) is 0 Å². The van der Waals surface area contributed by atoms with Crippen molar-refractivity contribution >= 4 is 21.4 Å². The SMILES string of the molecule is CC(C)S(=O)(=O)CC1CCC(CCc2ccc(N3CCCC3C(N)=O)cc2)CC1. The van der Waals surface area contributed by atoms with E-state index in [2.05, 4.69) is 29.2 Å². The average molecular weight is 421 g/mol. The molecule has 1 aromatic carbocycles. The first-order valence-corrected chi connectivity index (χ1v) is 12.8. The van der Waals surface area contributed by atoms with E-state index in [1.807, 2.05) is 0 Å². The molecule has 29 heavy (non-hydrogen) atoms. The molecule has 1 atom stereocenters. The Morgan fingerprint density at radius 1 is 1.07 bits per heavy atom. The van der Waals surface area contributed by atoms with E-state index in [-0.39, 0.29) is 17.2 Å². The minimum Gasteiger partial charge on any atom is -0.368 e. The predicted molar refractivity (Wildman–Crippen MR) is 119 cm³/mol. The summed E-state index contributed by atoms with van der Waals surface area (Å²) in [7, 11) is -2.92. The number of nitrogens with zero attached hydrogens (tertiary/aromatic N) is 1. The molecule has 1 aliphatic heterocycles. The van der Waals surface area contributed by atoms with Crippen LogP contribution in [-0.2, 0) is 21.1 Å². The number of aryl methyl sites for hydroxylation is 1. The van der Waals surface area contributed by atoms with Gasteiger partial charge in [0.05, 0.1) is 11.0 Å². The maximum Gasteiger partial charge on any atom is 0.240 e. The highest BCUT2D eigenvalue weighted by atomic mass is 32.2. The number of rotatable bonds is 8. The molecule has 6 heteroatoms. The summed E-state index contributed by atoms with van der Waals surface area (Å²) in [6.07, 6.45) is 8.44. The van der Waals surface area contributed by atoms with Gasteiger partial charge in [0.2, 0.25) is 5.91 Å². The van der Waals surface area contributed by atoms with Gasteiger partial charge in [0.25, 0.3) is 0 Å². The van der Waals surface area contributed by atoms with E-state index in [1.165, 1.54) is 5.56 Å². The largest absolute Gasteiger partial charge is 0.368 e. The molecule has 0 radical (unpaired) electrons. The smallest absolute Gasteiger partial charge is 0.240 e. The van der Waals surface area contributed by atoms with E-state index in [4.69, 9.17) is 5.73 Å². The Hall–Kier alpha value is -1.56. The van der Waals surface area contributed by atoms with Crippen LogP contribution in [0.5, 0.6) is 0 Å². The van der Waals surface area contributed by atoms with Crippen LogP contribution in [0.4, 0.5) is 5.69 Å². The Morgan fingerprint density at radius 3 is 2.28 bits per heavy atom. The van der Waals surface area contributed by atoms with Crippen molar-refractivity contribution in [3.63, 3.8) is 0 Å². The van der Waals surface area contributed by atoms with Gasteiger partial charge in [0.1, 0.15) is 6.04 Å². The third-order valence-electron chi connectivity index (χ3n) is 6.84. The van der Waals surface area contributed by atoms with Gasteiger partial charge < -0.3 is 10.6 Å². The molecule has 1 saturated heterocycles. The van der Waals surface area contributed by atoms with Crippen LogP contribution in [0, 0.1) is 11.8 Å². The molecule has 0 bridgehead atoms. The second-order valence-corrected chi connectivity index (χ2v) is 11.8. The number of sulfone groups is 1. The maximum absolute atomic E-state index is 12.1. The molecule has 1 heterocycles. The molecule has 162 valence electrons. The Morgan fingerprint density at radius 2 is 1.69 bits per heavy atom. The van der Waals surface area contributed by atoms with Crippen molar-refractivity contribution in [1.29, 1.82) is 0 Å². The van der Waals surface area contributed by atoms with Crippen LogP contribution in [-0.4, -0.2) is 37.9 Å². The number of nitrogens with two attached hydrogens (primary N) is 1. The first-order chi connectivity index (χ1) is 13.8. The van der Waals surface area contributed by atoms with Gasteiger partial charge >= 0.3 is 0 Å². The highest BCUT2D eigenvalue weighted by Gasteiger charge is 2.29. The van der Waals surface area contributed by atoms with Crippen LogP contribution >= 0.6 is 0 Å². The number of amides is 1. The maximum atomic E-state index is 12.1. The van der Waals surface area contributed by atoms with Crippen LogP contribution in [0.2, 0.25) is 0 Å². The number of carbonyl (C=O) groups excluding carboxylic acids is 1. The van der Waals surface area contributed by atoms with E-state index in [1.54, 1.807) is 13.8 Å². The summed E-state index contributed by atoms with van der Waals surface area (Å²) in [5.74, 6) is 1.17. The molecule has 3 rings (SSSR count). The first-order valence-electron chi connectivity index (χ1n) is 11.1. The summed E-state index contributed by atoms with van der Waals surface area (Å²) in [6.45, 7) is 4.46. The quantitative estimate of drug-likeness (QED) is 0.695. The monoisotopic (exact) mass is 420 g/mol. The molecular weight excluding hydrogens is 384 g/mol. The lowest BCUT2D eigenvalue weighted by molar-refractivity contribution is -0.119. The van der Waals surface area contributed by atoms with E-state index in [0.29, 0.717) is 17.6 Å². The lowest BCUT2D eigenvalue weighted by Gasteiger charge is -2.29. The lowest BCUT2D eigenvalue weighted by Crippen LogP contribution is -2.40. The first kappa shape index (κ1) is 22.1. The molecule has 0 spiro atoms. The molecule has 0 aromatic heterocycles. The highest BCUT2D eigenvalue weighted by molar-refractivity contribution is 7.91. The van der Waals surface area contributed by atoms with Gasteiger partial charge in [-0.25, -0.2) is 8.42 Å². The summed E-state index contributed by atoms with van der Waals surface area (Å²) in [5.41, 5.74) is 7.94. The highest BCUT2D eigenvalue weighted by Crippen LogP contribution is 2.33. The van der Waals surface area contributed by atoms with Crippen molar-refractivity contribution in [1.82, 2.24) is 0 Å². The third-order valence-corrected chi connectivity index (χ3v) is 9.22. The number of benzene rings is 1. The topological polar surface area (TPSA) is 80.5 Å². The Labute approximate surface area is 176 Å². The number of anilines is 1. The molecular formula is C23H36N2O3S. The fraction of sp³-hybridized carbons (Fsp3) is 0.696. The van der Waals surface area contributed by atoms with E-state index in [0.717, 1.165) is 63.6 Å². The van der Waals surface area contributed by atoms with Gasteiger partial charge in [0.15, 0.2) is 9.84 Å². The van der Waals surface area contributed by atoms with Crippen LogP contribution < -0.4 is 10.6 Å². The number of primary amides is 1. The normalized spacial score (nSPS) is 25.5. The van der Waals surface area contributed by atoms with Gasteiger partial charge in [-0.1, -0.05) is 25.0 Å². The zero-order chi connectivity index (χ0) is 21.0. The minimum absolute atomic E-state index is 0.171. The van der Waals surface area contributed by atoms with Gasteiger partial charge in [-0.05, 0) is 81.9 Å². The Kier molecular flexibility index (Phi) is 7.25. The second kappa shape index (κ2) is 9.50. The number of carbonyl (C=O) groups is 1. The Balaban J connectivity index is 1.45. The molecule has 1 amide bonds. The molecule has 2 N–H and O–H groups in total. The molecule has 2 aliphatic rings. The van der Waals surface area contributed by atoms with Crippen molar-refractivity contribution in [3.05, 3.63) is 29.8 Å². The fourth-order valence-corrected chi connectivity index (χ4v) is 6.18. The van der Waals surface area contributed by atoms with Crippen LogP contribution in [0.3, 0.4) is 0 Å².